The van der Waals surface area contributed by atoms with Gasteiger partial charge in [0.05, 0.1) is 18.0 Å². The van der Waals surface area contributed by atoms with Crippen molar-refractivity contribution >= 4 is 10.0 Å². The van der Waals surface area contributed by atoms with Gasteiger partial charge in [0, 0.05) is 17.7 Å². The molecule has 11 heteroatoms. The summed E-state index contributed by atoms with van der Waals surface area (Å²) in [5.74, 6) is 0.302. The molecular formula is C17H17F2N5O3S. The molecule has 0 spiro atoms. The molecule has 3 aromatic rings. The fraction of sp³-hybridized carbons (Fsp3) is 0.235. The Balaban J connectivity index is 1.71. The Bertz CT molecular complexity index is 1020. The van der Waals surface area contributed by atoms with Crippen molar-refractivity contribution in [3.8, 4) is 11.4 Å². The lowest BCUT2D eigenvalue weighted by Crippen LogP contribution is -2.26. The van der Waals surface area contributed by atoms with Gasteiger partial charge in [-0.05, 0) is 35.0 Å². The zero-order valence-electron chi connectivity index (χ0n) is 14.5. The molecule has 2 aromatic carbocycles. The van der Waals surface area contributed by atoms with Crippen molar-refractivity contribution in [2.24, 2.45) is 0 Å². The first-order valence-electron chi connectivity index (χ1n) is 8.25. The molecule has 1 aromatic heterocycles. The monoisotopic (exact) mass is 409 g/mol. The Morgan fingerprint density at radius 3 is 2.36 bits per heavy atom. The number of tetrazole rings is 1. The summed E-state index contributed by atoms with van der Waals surface area (Å²) >= 11 is 0. The number of sulfonamides is 1. The number of nitrogens with zero attached hydrogens (tertiary/aromatic N) is 4. The Morgan fingerprint density at radius 1 is 1.07 bits per heavy atom. The molecular weight excluding hydrogens is 392 g/mol. The average molecular weight is 409 g/mol. The number of aliphatic hydroxyl groups is 1. The van der Waals surface area contributed by atoms with Crippen molar-refractivity contribution in [3.63, 3.8) is 0 Å². The van der Waals surface area contributed by atoms with Gasteiger partial charge in [0.25, 0.3) is 6.43 Å². The summed E-state index contributed by atoms with van der Waals surface area (Å²) in [5, 5.41) is 20.8. The van der Waals surface area contributed by atoms with Gasteiger partial charge in [0.1, 0.15) is 0 Å². The maximum Gasteiger partial charge on any atom is 0.263 e. The van der Waals surface area contributed by atoms with Gasteiger partial charge in [0.15, 0.2) is 0 Å². The van der Waals surface area contributed by atoms with Crippen LogP contribution in [0.2, 0.25) is 0 Å². The van der Waals surface area contributed by atoms with Crippen molar-refractivity contribution in [1.82, 2.24) is 24.9 Å². The molecule has 0 saturated heterocycles. The second kappa shape index (κ2) is 8.50. The van der Waals surface area contributed by atoms with Crippen LogP contribution in [0.15, 0.2) is 53.4 Å². The molecule has 1 heterocycles. The molecule has 0 amide bonds. The highest BCUT2D eigenvalue weighted by Crippen LogP contribution is 2.20. The van der Waals surface area contributed by atoms with Crippen LogP contribution < -0.4 is 4.72 Å². The zero-order valence-corrected chi connectivity index (χ0v) is 15.4. The Kier molecular flexibility index (Phi) is 6.07. The molecule has 0 aliphatic carbocycles. The summed E-state index contributed by atoms with van der Waals surface area (Å²) in [5.41, 5.74) is 1.25. The normalized spacial score (nSPS) is 11.9. The van der Waals surface area contributed by atoms with Crippen LogP contribution in [0.1, 0.15) is 17.6 Å². The van der Waals surface area contributed by atoms with E-state index >= 15 is 0 Å². The third kappa shape index (κ3) is 4.74. The number of aliphatic hydroxyl groups excluding tert-OH is 1. The van der Waals surface area contributed by atoms with Crippen LogP contribution in [0.5, 0.6) is 0 Å². The van der Waals surface area contributed by atoms with Crippen LogP contribution in [0, 0.1) is 0 Å². The third-order valence-corrected chi connectivity index (χ3v) is 5.31. The molecule has 0 atom stereocenters. The molecule has 0 aliphatic rings. The van der Waals surface area contributed by atoms with Gasteiger partial charge in [-0.2, -0.15) is 4.80 Å². The molecule has 3 rings (SSSR count). The van der Waals surface area contributed by atoms with Gasteiger partial charge in [-0.3, -0.25) is 0 Å². The first kappa shape index (κ1) is 20.0. The number of benzene rings is 2. The number of rotatable bonds is 8. The molecule has 0 saturated carbocycles. The number of hydrogen-bond donors (Lipinski definition) is 2. The van der Waals surface area contributed by atoms with Gasteiger partial charge in [-0.1, -0.05) is 24.3 Å². The second-order valence-electron chi connectivity index (χ2n) is 5.83. The summed E-state index contributed by atoms with van der Waals surface area (Å²) in [4.78, 5) is 1.37. The predicted octanol–water partition coefficient (Wildman–Crippen LogP) is 1.60. The van der Waals surface area contributed by atoms with Crippen LogP contribution in [0.4, 0.5) is 8.78 Å². The van der Waals surface area contributed by atoms with Crippen molar-refractivity contribution in [1.29, 1.82) is 0 Å². The van der Waals surface area contributed by atoms with Gasteiger partial charge in [-0.25, -0.2) is 21.9 Å². The van der Waals surface area contributed by atoms with E-state index in [0.717, 1.165) is 5.56 Å². The number of halogens is 2. The molecule has 0 aliphatic heterocycles. The SMILES string of the molecule is O=S(=O)(NCCO)c1ccc(-c2nnn(Cc3ccc(C(F)F)cc3)n2)cc1. The molecule has 0 bridgehead atoms. The summed E-state index contributed by atoms with van der Waals surface area (Å²) in [6.45, 7) is -0.110. The van der Waals surface area contributed by atoms with E-state index in [0.29, 0.717) is 11.4 Å². The topological polar surface area (TPSA) is 110 Å². The Hall–Kier alpha value is -2.76. The third-order valence-electron chi connectivity index (χ3n) is 3.84. The molecule has 0 radical (unpaired) electrons. The summed E-state index contributed by atoms with van der Waals surface area (Å²) in [6, 6.07) is 11.7. The molecule has 148 valence electrons. The van der Waals surface area contributed by atoms with Crippen molar-refractivity contribution in [2.75, 3.05) is 13.2 Å². The van der Waals surface area contributed by atoms with E-state index in [1.165, 1.54) is 29.1 Å². The van der Waals surface area contributed by atoms with Crippen molar-refractivity contribution in [2.45, 2.75) is 17.9 Å². The largest absolute Gasteiger partial charge is 0.395 e. The first-order valence-corrected chi connectivity index (χ1v) is 9.73. The van der Waals surface area contributed by atoms with E-state index in [1.807, 2.05) is 0 Å². The van der Waals surface area contributed by atoms with E-state index in [1.54, 1.807) is 24.3 Å². The lowest BCUT2D eigenvalue weighted by atomic mass is 10.1. The minimum Gasteiger partial charge on any atom is -0.395 e. The van der Waals surface area contributed by atoms with Gasteiger partial charge < -0.3 is 5.11 Å². The average Bonchev–Trinajstić information content (AvgIpc) is 3.15. The van der Waals surface area contributed by atoms with E-state index in [2.05, 4.69) is 20.1 Å². The van der Waals surface area contributed by atoms with Crippen LogP contribution >= 0.6 is 0 Å². The Morgan fingerprint density at radius 2 is 1.75 bits per heavy atom. The van der Waals surface area contributed by atoms with Crippen molar-refractivity contribution < 1.29 is 22.3 Å². The summed E-state index contributed by atoms with van der Waals surface area (Å²) in [6.07, 6.45) is -2.52. The second-order valence-corrected chi connectivity index (χ2v) is 7.60. The molecule has 28 heavy (non-hydrogen) atoms. The van der Waals surface area contributed by atoms with E-state index in [-0.39, 0.29) is 30.2 Å². The van der Waals surface area contributed by atoms with Gasteiger partial charge in [0.2, 0.25) is 15.8 Å². The van der Waals surface area contributed by atoms with Gasteiger partial charge in [-0.15, -0.1) is 10.2 Å². The quantitative estimate of drug-likeness (QED) is 0.585. The highest BCUT2D eigenvalue weighted by molar-refractivity contribution is 7.89. The molecule has 2 N–H and O–H groups in total. The van der Waals surface area contributed by atoms with Crippen LogP contribution in [-0.4, -0.2) is 46.9 Å². The Labute approximate surface area is 159 Å². The van der Waals surface area contributed by atoms with Crippen molar-refractivity contribution in [3.05, 3.63) is 59.7 Å². The fourth-order valence-electron chi connectivity index (χ4n) is 2.40. The highest BCUT2D eigenvalue weighted by atomic mass is 32.2. The first-order chi connectivity index (χ1) is 13.4. The number of alkyl halides is 2. The van der Waals surface area contributed by atoms with E-state index in [4.69, 9.17) is 5.11 Å². The number of nitrogens with one attached hydrogen (secondary N) is 1. The maximum atomic E-state index is 12.6. The number of aromatic nitrogens is 4. The zero-order chi connectivity index (χ0) is 20.1. The highest BCUT2D eigenvalue weighted by Gasteiger charge is 2.14. The summed E-state index contributed by atoms with van der Waals surface area (Å²) in [7, 11) is -3.69. The fourth-order valence-corrected chi connectivity index (χ4v) is 3.43. The summed E-state index contributed by atoms with van der Waals surface area (Å²) < 4.78 is 51.4. The van der Waals surface area contributed by atoms with Gasteiger partial charge >= 0.3 is 0 Å². The minimum atomic E-state index is -3.69. The number of hydrogen-bond acceptors (Lipinski definition) is 6. The van der Waals surface area contributed by atoms with Crippen LogP contribution in [0.3, 0.4) is 0 Å². The van der Waals surface area contributed by atoms with Crippen LogP contribution in [-0.2, 0) is 16.6 Å². The minimum absolute atomic E-state index is 0.0520. The lowest BCUT2D eigenvalue weighted by molar-refractivity contribution is 0.151. The smallest absolute Gasteiger partial charge is 0.263 e. The van der Waals surface area contributed by atoms with Crippen LogP contribution in [0.25, 0.3) is 11.4 Å². The lowest BCUT2D eigenvalue weighted by Gasteiger charge is -2.05. The van der Waals surface area contributed by atoms with E-state index < -0.39 is 16.4 Å². The molecule has 0 fully saturated rings. The van der Waals surface area contributed by atoms with E-state index in [9.17, 15) is 17.2 Å². The maximum absolute atomic E-state index is 12.6. The molecule has 0 unspecified atom stereocenters. The predicted molar refractivity (Wildman–Crippen MR) is 96.0 cm³/mol. The molecule has 8 nitrogen and oxygen atoms in total. The standard InChI is InChI=1S/C17H17F2N5O3S/c18-16(19)13-3-1-12(2-4-13)11-24-22-17(21-23-24)14-5-7-15(8-6-14)28(26,27)20-9-10-25/h1-8,16,20,25H,9-11H2.